The average molecular weight is 306 g/mol. The predicted molar refractivity (Wildman–Crippen MR) is 81.0 cm³/mol. The molecule has 2 rings (SSSR count). The lowest BCUT2D eigenvalue weighted by atomic mass is 10.2. The number of halogens is 1. The molecule has 0 radical (unpaired) electrons. The predicted octanol–water partition coefficient (Wildman–Crippen LogP) is 4.74. The Morgan fingerprint density at radius 3 is 2.71 bits per heavy atom. The van der Waals surface area contributed by atoms with Crippen LogP contribution in [0.25, 0.3) is 0 Å². The third-order valence-corrected chi connectivity index (χ3v) is 3.81. The summed E-state index contributed by atoms with van der Waals surface area (Å²) in [6.07, 6.45) is 0. The number of aromatic carboxylic acids is 1. The largest absolute Gasteiger partial charge is 0.478 e. The van der Waals surface area contributed by atoms with Gasteiger partial charge >= 0.3 is 5.97 Å². The van der Waals surface area contributed by atoms with Gasteiger partial charge in [-0.1, -0.05) is 19.1 Å². The van der Waals surface area contributed by atoms with Crippen LogP contribution in [0, 0.1) is 12.7 Å². The average Bonchev–Trinajstić information content (AvgIpc) is 2.43. The van der Waals surface area contributed by atoms with Crippen molar-refractivity contribution in [2.24, 2.45) is 0 Å². The molecule has 1 N–H and O–H groups in total. The minimum atomic E-state index is -1.06. The number of hydrogen-bond acceptors (Lipinski definition) is 3. The van der Waals surface area contributed by atoms with E-state index in [1.807, 2.05) is 6.92 Å². The molecule has 2 aromatic carbocycles. The molecule has 0 unspecified atom stereocenters. The van der Waals surface area contributed by atoms with Crippen molar-refractivity contribution in [1.29, 1.82) is 0 Å². The van der Waals surface area contributed by atoms with Gasteiger partial charge in [-0.2, -0.15) is 0 Å². The van der Waals surface area contributed by atoms with Gasteiger partial charge in [-0.05, 0) is 36.4 Å². The highest BCUT2D eigenvalue weighted by molar-refractivity contribution is 7.99. The maximum atomic E-state index is 13.3. The lowest BCUT2D eigenvalue weighted by molar-refractivity contribution is 0.0690. The highest BCUT2D eigenvalue weighted by Crippen LogP contribution is 2.34. The maximum Gasteiger partial charge on any atom is 0.340 e. The molecular weight excluding hydrogens is 291 g/mol. The molecule has 0 atom stereocenters. The molecule has 3 nitrogen and oxygen atoms in total. The van der Waals surface area contributed by atoms with Gasteiger partial charge in [0.15, 0.2) is 0 Å². The molecule has 0 aliphatic carbocycles. The van der Waals surface area contributed by atoms with Crippen LogP contribution in [0.15, 0.2) is 41.3 Å². The number of rotatable bonds is 5. The molecule has 0 fully saturated rings. The fourth-order valence-electron chi connectivity index (χ4n) is 1.88. The zero-order chi connectivity index (χ0) is 15.4. The molecule has 0 saturated carbocycles. The van der Waals surface area contributed by atoms with E-state index in [0.29, 0.717) is 10.6 Å². The molecule has 0 aliphatic rings. The minimum absolute atomic E-state index is 0.105. The molecule has 0 aliphatic heterocycles. The number of carbonyl (C=O) groups is 1. The summed E-state index contributed by atoms with van der Waals surface area (Å²) in [6.45, 7) is 3.72. The summed E-state index contributed by atoms with van der Waals surface area (Å²) in [4.78, 5) is 12.1. The fraction of sp³-hybridized carbons (Fsp3) is 0.188. The molecule has 110 valence electrons. The van der Waals surface area contributed by atoms with Gasteiger partial charge < -0.3 is 9.84 Å². The normalized spacial score (nSPS) is 10.4. The number of carboxylic acids is 1. The smallest absolute Gasteiger partial charge is 0.340 e. The van der Waals surface area contributed by atoms with Gasteiger partial charge in [0.1, 0.15) is 22.9 Å². The highest BCUT2D eigenvalue weighted by atomic mass is 32.2. The molecule has 0 amide bonds. The molecule has 0 bridgehead atoms. The molecule has 21 heavy (non-hydrogen) atoms. The van der Waals surface area contributed by atoms with E-state index in [-0.39, 0.29) is 11.3 Å². The van der Waals surface area contributed by atoms with E-state index in [9.17, 15) is 14.3 Å². The molecule has 0 heterocycles. The molecule has 2 aromatic rings. The Kier molecular flexibility index (Phi) is 4.85. The van der Waals surface area contributed by atoms with Crippen molar-refractivity contribution in [2.45, 2.75) is 18.7 Å². The second-order valence-corrected chi connectivity index (χ2v) is 5.69. The second-order valence-electron chi connectivity index (χ2n) is 4.38. The van der Waals surface area contributed by atoms with Crippen LogP contribution in [0.3, 0.4) is 0 Å². The van der Waals surface area contributed by atoms with Crippen LogP contribution in [-0.4, -0.2) is 16.8 Å². The quantitative estimate of drug-likeness (QED) is 0.811. The molecule has 0 spiro atoms. The molecular formula is C16H15FO3S. The van der Waals surface area contributed by atoms with Crippen molar-refractivity contribution in [3.05, 3.63) is 53.3 Å². The third-order valence-electron chi connectivity index (χ3n) is 2.87. The first-order chi connectivity index (χ1) is 10.0. The van der Waals surface area contributed by atoms with E-state index in [2.05, 4.69) is 0 Å². The molecule has 0 aromatic heterocycles. The fourth-order valence-corrected chi connectivity index (χ4v) is 2.70. The summed E-state index contributed by atoms with van der Waals surface area (Å²) in [5.74, 6) is -0.198. The Morgan fingerprint density at radius 1 is 1.29 bits per heavy atom. The summed E-state index contributed by atoms with van der Waals surface area (Å²) >= 11 is 1.43. The molecule has 5 heteroatoms. The summed E-state index contributed by atoms with van der Waals surface area (Å²) < 4.78 is 18.9. The topological polar surface area (TPSA) is 46.5 Å². The van der Waals surface area contributed by atoms with Gasteiger partial charge in [0.2, 0.25) is 0 Å². The van der Waals surface area contributed by atoms with E-state index in [1.165, 1.54) is 23.9 Å². The van der Waals surface area contributed by atoms with Crippen LogP contribution in [0.5, 0.6) is 11.5 Å². The first kappa shape index (κ1) is 15.4. The third kappa shape index (κ3) is 3.55. The number of aryl methyl sites for hydroxylation is 1. The monoisotopic (exact) mass is 306 g/mol. The van der Waals surface area contributed by atoms with Crippen LogP contribution in [0.2, 0.25) is 0 Å². The molecule has 0 saturated heterocycles. The van der Waals surface area contributed by atoms with Crippen molar-refractivity contribution in [3.63, 3.8) is 0 Å². The lowest BCUT2D eigenvalue weighted by Crippen LogP contribution is -2.03. The number of thioether (sulfide) groups is 1. The number of benzene rings is 2. The van der Waals surface area contributed by atoms with E-state index < -0.39 is 11.8 Å². The highest BCUT2D eigenvalue weighted by Gasteiger charge is 2.18. The second kappa shape index (κ2) is 6.63. The van der Waals surface area contributed by atoms with Crippen molar-refractivity contribution in [2.75, 3.05) is 5.75 Å². The Bertz CT molecular complexity index is 671. The van der Waals surface area contributed by atoms with E-state index in [4.69, 9.17) is 4.74 Å². The SMILES string of the molecule is CCSc1cccc(Oc2cc(F)ccc2C)c1C(=O)O. The summed E-state index contributed by atoms with van der Waals surface area (Å²) in [6, 6.07) is 9.23. The van der Waals surface area contributed by atoms with Crippen LogP contribution in [0.4, 0.5) is 4.39 Å². The van der Waals surface area contributed by atoms with Crippen molar-refractivity contribution in [1.82, 2.24) is 0 Å². The van der Waals surface area contributed by atoms with Crippen molar-refractivity contribution >= 4 is 17.7 Å². The number of ether oxygens (including phenoxy) is 1. The van der Waals surface area contributed by atoms with Gasteiger partial charge in [-0.15, -0.1) is 11.8 Å². The lowest BCUT2D eigenvalue weighted by Gasteiger charge is -2.13. The van der Waals surface area contributed by atoms with Crippen LogP contribution in [0.1, 0.15) is 22.8 Å². The first-order valence-corrected chi connectivity index (χ1v) is 7.44. The van der Waals surface area contributed by atoms with Gasteiger partial charge in [-0.3, -0.25) is 0 Å². The van der Waals surface area contributed by atoms with Crippen LogP contribution >= 0.6 is 11.8 Å². The Balaban J connectivity index is 2.46. The standard InChI is InChI=1S/C16H15FO3S/c1-3-21-14-6-4-5-12(15(14)16(18)19)20-13-9-11(17)8-7-10(13)2/h4-9H,3H2,1-2H3,(H,18,19). The van der Waals surface area contributed by atoms with Gasteiger partial charge in [0.25, 0.3) is 0 Å². The van der Waals surface area contributed by atoms with Crippen LogP contribution in [-0.2, 0) is 0 Å². The number of carboxylic acid groups (broad SMARTS) is 1. The minimum Gasteiger partial charge on any atom is -0.478 e. The van der Waals surface area contributed by atoms with Crippen LogP contribution < -0.4 is 4.74 Å². The van der Waals surface area contributed by atoms with E-state index in [1.54, 1.807) is 31.2 Å². The summed E-state index contributed by atoms with van der Waals surface area (Å²) in [5, 5.41) is 9.41. The maximum absolute atomic E-state index is 13.3. The zero-order valence-corrected chi connectivity index (χ0v) is 12.5. The van der Waals surface area contributed by atoms with Gasteiger partial charge in [0, 0.05) is 11.0 Å². The Labute approximate surface area is 126 Å². The Morgan fingerprint density at radius 2 is 2.05 bits per heavy atom. The summed E-state index contributed by atoms with van der Waals surface area (Å²) in [7, 11) is 0. The van der Waals surface area contributed by atoms with Crippen molar-refractivity contribution < 1.29 is 19.0 Å². The van der Waals surface area contributed by atoms with Gasteiger partial charge in [-0.25, -0.2) is 9.18 Å². The zero-order valence-electron chi connectivity index (χ0n) is 11.7. The summed E-state index contributed by atoms with van der Waals surface area (Å²) in [5.41, 5.74) is 0.842. The van der Waals surface area contributed by atoms with E-state index >= 15 is 0 Å². The first-order valence-electron chi connectivity index (χ1n) is 6.46. The Hall–Kier alpha value is -2.01. The van der Waals surface area contributed by atoms with Gasteiger partial charge in [0.05, 0.1) is 0 Å². The van der Waals surface area contributed by atoms with E-state index in [0.717, 1.165) is 11.3 Å². The van der Waals surface area contributed by atoms with Crippen molar-refractivity contribution in [3.8, 4) is 11.5 Å². The number of hydrogen-bond donors (Lipinski definition) is 1.